The Kier molecular flexibility index (Phi) is 8.51. The number of ether oxygens (including phenoxy) is 1. The third-order valence-corrected chi connectivity index (χ3v) is 7.76. The van der Waals surface area contributed by atoms with E-state index in [4.69, 9.17) is 16.3 Å². The molecule has 202 valence electrons. The molecule has 5 rings (SSSR count). The minimum Gasteiger partial charge on any atom is -0.383 e. The van der Waals surface area contributed by atoms with Gasteiger partial charge < -0.3 is 24.0 Å². The van der Waals surface area contributed by atoms with Crippen LogP contribution in [-0.2, 0) is 17.8 Å². The predicted molar refractivity (Wildman–Crippen MR) is 150 cm³/mol. The quantitative estimate of drug-likeness (QED) is 0.429. The third-order valence-electron chi connectivity index (χ3n) is 7.44. The second-order valence-corrected chi connectivity index (χ2v) is 10.3. The van der Waals surface area contributed by atoms with E-state index in [1.807, 2.05) is 44.7 Å². The largest absolute Gasteiger partial charge is 0.383 e. The fourth-order valence-corrected chi connectivity index (χ4v) is 5.60. The molecule has 1 amide bonds. The molecular weight excluding hydrogens is 505 g/mol. The number of amides is 1. The van der Waals surface area contributed by atoms with Gasteiger partial charge in [0.05, 0.1) is 23.0 Å². The van der Waals surface area contributed by atoms with Gasteiger partial charge in [0, 0.05) is 78.8 Å². The van der Waals surface area contributed by atoms with E-state index in [2.05, 4.69) is 22.1 Å². The zero-order chi connectivity index (χ0) is 26.5. The lowest BCUT2D eigenvalue weighted by molar-refractivity contribution is 0.0733. The summed E-state index contributed by atoms with van der Waals surface area (Å²) in [5, 5.41) is 0.786. The Balaban J connectivity index is 1.22. The molecule has 38 heavy (non-hydrogen) atoms. The van der Waals surface area contributed by atoms with Crippen molar-refractivity contribution in [3.8, 4) is 0 Å². The van der Waals surface area contributed by atoms with Crippen molar-refractivity contribution in [1.82, 2.24) is 14.4 Å². The van der Waals surface area contributed by atoms with Crippen molar-refractivity contribution in [2.45, 2.75) is 13.1 Å². The zero-order valence-corrected chi connectivity index (χ0v) is 22.6. The molecule has 0 unspecified atom stereocenters. The van der Waals surface area contributed by atoms with Gasteiger partial charge in [-0.05, 0) is 35.9 Å². The Labute approximate surface area is 228 Å². The van der Waals surface area contributed by atoms with E-state index in [1.165, 1.54) is 6.07 Å². The zero-order valence-electron chi connectivity index (χ0n) is 21.9. The molecule has 0 radical (unpaired) electrons. The summed E-state index contributed by atoms with van der Waals surface area (Å²) in [7, 11) is 1.67. The summed E-state index contributed by atoms with van der Waals surface area (Å²) in [6.45, 7) is 7.94. The van der Waals surface area contributed by atoms with Gasteiger partial charge >= 0.3 is 0 Å². The first-order chi connectivity index (χ1) is 18.5. The summed E-state index contributed by atoms with van der Waals surface area (Å²) in [5.41, 5.74) is 3.49. The van der Waals surface area contributed by atoms with Crippen LogP contribution in [0.15, 0.2) is 60.8 Å². The molecule has 2 aliphatic rings. The van der Waals surface area contributed by atoms with Crippen LogP contribution < -0.4 is 9.80 Å². The van der Waals surface area contributed by atoms with Gasteiger partial charge in [-0.15, -0.1) is 0 Å². The van der Waals surface area contributed by atoms with Gasteiger partial charge in [0.2, 0.25) is 0 Å². The summed E-state index contributed by atoms with van der Waals surface area (Å²) in [5.74, 6) is -0.206. The van der Waals surface area contributed by atoms with Crippen LogP contribution in [0.5, 0.6) is 0 Å². The number of hydrogen-bond donors (Lipinski definition) is 0. The Morgan fingerprint density at radius 3 is 2.21 bits per heavy atom. The SMILES string of the molecule is COCCn1cc(CN2CCN(c3ccccc3Cl)CC2)cc1C(=O)N1CCN(c2ccccc2F)CC1. The molecule has 2 aliphatic heterocycles. The summed E-state index contributed by atoms with van der Waals surface area (Å²) >= 11 is 6.40. The molecule has 3 aromatic rings. The second kappa shape index (κ2) is 12.2. The van der Waals surface area contributed by atoms with Gasteiger partial charge in [-0.3, -0.25) is 9.69 Å². The molecule has 2 saturated heterocycles. The molecule has 2 fully saturated rings. The van der Waals surface area contributed by atoms with Crippen molar-refractivity contribution in [2.24, 2.45) is 0 Å². The molecular formula is C29H35ClFN5O2. The highest BCUT2D eigenvalue weighted by molar-refractivity contribution is 6.33. The summed E-state index contributed by atoms with van der Waals surface area (Å²) < 4.78 is 21.6. The van der Waals surface area contributed by atoms with Crippen molar-refractivity contribution in [3.63, 3.8) is 0 Å². The molecule has 2 aromatic carbocycles. The number of benzene rings is 2. The Morgan fingerprint density at radius 2 is 1.53 bits per heavy atom. The van der Waals surface area contributed by atoms with E-state index < -0.39 is 0 Å². The number of rotatable bonds is 8. The predicted octanol–water partition coefficient (Wildman–Crippen LogP) is 4.21. The number of aromatic nitrogens is 1. The highest BCUT2D eigenvalue weighted by Gasteiger charge is 2.26. The van der Waals surface area contributed by atoms with E-state index in [0.717, 1.165) is 49.0 Å². The normalized spacial score (nSPS) is 16.8. The fourth-order valence-electron chi connectivity index (χ4n) is 5.35. The van der Waals surface area contributed by atoms with E-state index in [1.54, 1.807) is 19.2 Å². The maximum atomic E-state index is 14.2. The smallest absolute Gasteiger partial charge is 0.270 e. The van der Waals surface area contributed by atoms with Gasteiger partial charge in [-0.25, -0.2) is 4.39 Å². The third kappa shape index (κ3) is 5.98. The summed E-state index contributed by atoms with van der Waals surface area (Å²) in [6.07, 6.45) is 2.09. The number of nitrogens with zero attached hydrogens (tertiary/aromatic N) is 5. The van der Waals surface area contributed by atoms with Crippen molar-refractivity contribution in [3.05, 3.63) is 82.9 Å². The molecule has 0 saturated carbocycles. The van der Waals surface area contributed by atoms with E-state index in [0.29, 0.717) is 50.7 Å². The molecule has 7 nitrogen and oxygen atoms in total. The Bertz CT molecular complexity index is 1240. The standard InChI is InChI=1S/C29H35ClFN5O2/c1-38-19-18-36-22-23(21-32-10-12-33(13-11-32)26-8-4-2-6-24(26)30)20-28(36)29(37)35-16-14-34(15-17-35)27-9-5-3-7-25(27)31/h2-9,20,22H,10-19,21H2,1H3. The van der Waals surface area contributed by atoms with Crippen LogP contribution in [0.1, 0.15) is 16.1 Å². The first-order valence-electron chi connectivity index (χ1n) is 13.2. The molecule has 1 aromatic heterocycles. The number of carbonyl (C=O) groups excluding carboxylic acids is 1. The van der Waals surface area contributed by atoms with Crippen LogP contribution in [0.2, 0.25) is 5.02 Å². The van der Waals surface area contributed by atoms with Gasteiger partial charge in [0.1, 0.15) is 11.5 Å². The van der Waals surface area contributed by atoms with Gasteiger partial charge in [-0.2, -0.15) is 0 Å². The minimum atomic E-state index is -0.224. The number of hydrogen-bond acceptors (Lipinski definition) is 5. The van der Waals surface area contributed by atoms with Crippen LogP contribution in [0, 0.1) is 5.82 Å². The van der Waals surface area contributed by atoms with E-state index in [9.17, 15) is 9.18 Å². The van der Waals surface area contributed by atoms with Crippen molar-refractivity contribution in [2.75, 3.05) is 75.9 Å². The van der Waals surface area contributed by atoms with Gasteiger partial charge in [-0.1, -0.05) is 35.9 Å². The van der Waals surface area contributed by atoms with Crippen molar-refractivity contribution >= 4 is 28.9 Å². The number of carbonyl (C=O) groups is 1. The molecule has 0 bridgehead atoms. The molecule has 9 heteroatoms. The first-order valence-corrected chi connectivity index (χ1v) is 13.6. The number of halogens is 2. The highest BCUT2D eigenvalue weighted by Crippen LogP contribution is 2.27. The van der Waals surface area contributed by atoms with Crippen LogP contribution >= 0.6 is 11.6 Å². The Hall–Kier alpha value is -3.07. The molecule has 0 atom stereocenters. The highest BCUT2D eigenvalue weighted by atomic mass is 35.5. The summed E-state index contributed by atoms with van der Waals surface area (Å²) in [4.78, 5) is 22.2. The topological polar surface area (TPSA) is 44.2 Å². The van der Waals surface area contributed by atoms with Crippen molar-refractivity contribution < 1.29 is 13.9 Å². The number of piperazine rings is 2. The van der Waals surface area contributed by atoms with Crippen LogP contribution in [0.4, 0.5) is 15.8 Å². The average molecular weight is 540 g/mol. The fraction of sp³-hybridized carbons (Fsp3) is 0.414. The van der Waals surface area contributed by atoms with Crippen molar-refractivity contribution in [1.29, 1.82) is 0 Å². The maximum absolute atomic E-state index is 14.2. The number of para-hydroxylation sites is 2. The molecule has 3 heterocycles. The number of methoxy groups -OCH3 is 1. The number of anilines is 2. The van der Waals surface area contributed by atoms with E-state index >= 15 is 0 Å². The molecule has 0 N–H and O–H groups in total. The molecule has 0 aliphatic carbocycles. The average Bonchev–Trinajstić information content (AvgIpc) is 3.35. The first kappa shape index (κ1) is 26.5. The lowest BCUT2D eigenvalue weighted by Crippen LogP contribution is -2.49. The van der Waals surface area contributed by atoms with Gasteiger partial charge in [0.25, 0.3) is 5.91 Å². The van der Waals surface area contributed by atoms with Crippen LogP contribution in [0.25, 0.3) is 0 Å². The van der Waals surface area contributed by atoms with Crippen LogP contribution in [0.3, 0.4) is 0 Å². The van der Waals surface area contributed by atoms with Gasteiger partial charge in [0.15, 0.2) is 0 Å². The lowest BCUT2D eigenvalue weighted by atomic mass is 10.2. The second-order valence-electron chi connectivity index (χ2n) is 9.87. The maximum Gasteiger partial charge on any atom is 0.270 e. The lowest BCUT2D eigenvalue weighted by Gasteiger charge is -2.36. The monoisotopic (exact) mass is 539 g/mol. The Morgan fingerprint density at radius 1 is 0.895 bits per heavy atom. The van der Waals surface area contributed by atoms with E-state index in [-0.39, 0.29) is 11.7 Å². The summed E-state index contributed by atoms with van der Waals surface area (Å²) in [6, 6.07) is 16.8. The minimum absolute atomic E-state index is 0.0177. The van der Waals surface area contributed by atoms with Crippen LogP contribution in [-0.4, -0.2) is 86.3 Å². The molecule has 0 spiro atoms.